The summed E-state index contributed by atoms with van der Waals surface area (Å²) in [6.45, 7) is 8.49. The Balaban J connectivity index is 2.91. The van der Waals surface area contributed by atoms with Gasteiger partial charge in [0.15, 0.2) is 0 Å². The second-order valence-corrected chi connectivity index (χ2v) is 5.38. The third-order valence-electron chi connectivity index (χ3n) is 3.01. The topological polar surface area (TPSA) is 20.2 Å². The van der Waals surface area contributed by atoms with Gasteiger partial charge in [-0.15, -0.1) is 0 Å². The van der Waals surface area contributed by atoms with Crippen molar-refractivity contribution in [2.24, 2.45) is 0 Å². The minimum Gasteiger partial charge on any atom is -0.508 e. The zero-order valence-corrected chi connectivity index (χ0v) is 10.3. The molecule has 2 aromatic carbocycles. The van der Waals surface area contributed by atoms with E-state index in [1.807, 2.05) is 12.1 Å². The quantitative estimate of drug-likeness (QED) is 0.698. The predicted octanol–water partition coefficient (Wildman–Crippen LogP) is 4.15. The Morgan fingerprint density at radius 1 is 0.938 bits per heavy atom. The van der Waals surface area contributed by atoms with Crippen molar-refractivity contribution in [1.29, 1.82) is 0 Å². The van der Waals surface area contributed by atoms with Crippen molar-refractivity contribution in [2.75, 3.05) is 0 Å². The maximum atomic E-state index is 10.0. The van der Waals surface area contributed by atoms with Crippen molar-refractivity contribution in [3.8, 4) is 5.75 Å². The number of aromatic hydroxyl groups is 1. The Bertz CT molecular complexity index is 533. The molecule has 0 aromatic heterocycles. The van der Waals surface area contributed by atoms with Gasteiger partial charge in [-0.25, -0.2) is 0 Å². The van der Waals surface area contributed by atoms with Crippen LogP contribution in [-0.4, -0.2) is 5.11 Å². The van der Waals surface area contributed by atoms with E-state index in [2.05, 4.69) is 39.8 Å². The predicted molar refractivity (Wildman–Crippen MR) is 69.0 cm³/mol. The number of hydrogen-bond donors (Lipinski definition) is 1. The Labute approximate surface area is 96.7 Å². The molecule has 0 atom stereocenters. The highest BCUT2D eigenvalue weighted by atomic mass is 16.3. The van der Waals surface area contributed by atoms with Crippen molar-refractivity contribution < 1.29 is 5.11 Å². The van der Waals surface area contributed by atoms with Crippen LogP contribution < -0.4 is 0 Å². The van der Waals surface area contributed by atoms with Gasteiger partial charge in [0.2, 0.25) is 0 Å². The molecule has 0 fully saturated rings. The van der Waals surface area contributed by atoms with Crippen LogP contribution in [0, 0.1) is 6.92 Å². The minimum atomic E-state index is -0.0443. The lowest BCUT2D eigenvalue weighted by Crippen LogP contribution is -2.12. The molecule has 0 saturated carbocycles. The van der Waals surface area contributed by atoms with Crippen LogP contribution in [0.4, 0.5) is 0 Å². The summed E-state index contributed by atoms with van der Waals surface area (Å²) in [6, 6.07) is 10.0. The lowest BCUT2D eigenvalue weighted by atomic mass is 9.82. The summed E-state index contributed by atoms with van der Waals surface area (Å²) in [5.74, 6) is 0.394. The maximum absolute atomic E-state index is 10.0. The SMILES string of the molecule is Cc1cccc2c(C(C)(C)C)c(O)ccc12. The summed E-state index contributed by atoms with van der Waals surface area (Å²) in [7, 11) is 0. The largest absolute Gasteiger partial charge is 0.508 e. The summed E-state index contributed by atoms with van der Waals surface area (Å²) < 4.78 is 0. The van der Waals surface area contributed by atoms with E-state index in [1.54, 1.807) is 6.07 Å². The van der Waals surface area contributed by atoms with Crippen LogP contribution in [0.25, 0.3) is 10.8 Å². The monoisotopic (exact) mass is 214 g/mol. The van der Waals surface area contributed by atoms with E-state index in [0.717, 1.165) is 10.9 Å². The molecule has 84 valence electrons. The van der Waals surface area contributed by atoms with Gasteiger partial charge in [-0.2, -0.15) is 0 Å². The number of hydrogen-bond acceptors (Lipinski definition) is 1. The van der Waals surface area contributed by atoms with E-state index in [4.69, 9.17) is 0 Å². The fraction of sp³-hybridized carbons (Fsp3) is 0.333. The molecule has 1 N–H and O–H groups in total. The van der Waals surface area contributed by atoms with Gasteiger partial charge >= 0.3 is 0 Å². The first-order chi connectivity index (χ1) is 7.41. The van der Waals surface area contributed by atoms with Gasteiger partial charge < -0.3 is 5.11 Å². The second-order valence-electron chi connectivity index (χ2n) is 5.38. The first-order valence-electron chi connectivity index (χ1n) is 5.63. The van der Waals surface area contributed by atoms with Crippen LogP contribution >= 0.6 is 0 Å². The van der Waals surface area contributed by atoms with E-state index in [-0.39, 0.29) is 5.41 Å². The molecule has 0 radical (unpaired) electrons. The third kappa shape index (κ3) is 1.67. The average Bonchev–Trinajstić information content (AvgIpc) is 2.15. The van der Waals surface area contributed by atoms with Crippen molar-refractivity contribution in [1.82, 2.24) is 0 Å². The Morgan fingerprint density at radius 2 is 1.62 bits per heavy atom. The van der Waals surface area contributed by atoms with Crippen molar-refractivity contribution in [3.05, 3.63) is 41.5 Å². The van der Waals surface area contributed by atoms with Crippen molar-refractivity contribution >= 4 is 10.8 Å². The summed E-state index contributed by atoms with van der Waals surface area (Å²) in [5.41, 5.74) is 2.24. The minimum absolute atomic E-state index is 0.0443. The van der Waals surface area contributed by atoms with Crippen molar-refractivity contribution in [3.63, 3.8) is 0 Å². The van der Waals surface area contributed by atoms with Gasteiger partial charge in [0, 0.05) is 5.56 Å². The van der Waals surface area contributed by atoms with E-state index in [0.29, 0.717) is 5.75 Å². The molecule has 1 nitrogen and oxygen atoms in total. The van der Waals surface area contributed by atoms with Gasteiger partial charge in [0.05, 0.1) is 0 Å². The Kier molecular flexibility index (Phi) is 2.42. The number of phenolic OH excluding ortho intramolecular Hbond substituents is 1. The molecule has 0 unspecified atom stereocenters. The molecule has 0 aliphatic heterocycles. The fourth-order valence-electron chi connectivity index (χ4n) is 2.29. The molecule has 16 heavy (non-hydrogen) atoms. The number of fused-ring (bicyclic) bond motifs is 1. The lowest BCUT2D eigenvalue weighted by Gasteiger charge is -2.23. The van der Waals surface area contributed by atoms with E-state index >= 15 is 0 Å². The van der Waals surface area contributed by atoms with Gasteiger partial charge in [0.25, 0.3) is 0 Å². The second kappa shape index (κ2) is 3.51. The molecule has 0 aliphatic rings. The van der Waals surface area contributed by atoms with Crippen molar-refractivity contribution in [2.45, 2.75) is 33.1 Å². The first-order valence-corrected chi connectivity index (χ1v) is 5.63. The Hall–Kier alpha value is -1.50. The third-order valence-corrected chi connectivity index (χ3v) is 3.01. The molecule has 0 amide bonds. The number of benzene rings is 2. The molecule has 0 heterocycles. The van der Waals surface area contributed by atoms with Crippen LogP contribution in [0.5, 0.6) is 5.75 Å². The molecule has 0 bridgehead atoms. The molecule has 0 aliphatic carbocycles. The maximum Gasteiger partial charge on any atom is 0.119 e. The van der Waals surface area contributed by atoms with Gasteiger partial charge in [-0.05, 0) is 34.7 Å². The van der Waals surface area contributed by atoms with Crippen LogP contribution in [0.3, 0.4) is 0 Å². The summed E-state index contributed by atoms with van der Waals surface area (Å²) in [5, 5.41) is 12.4. The molecule has 0 spiro atoms. The van der Waals surface area contributed by atoms with Crippen LogP contribution in [0.1, 0.15) is 31.9 Å². The van der Waals surface area contributed by atoms with Gasteiger partial charge in [0.1, 0.15) is 5.75 Å². The zero-order valence-electron chi connectivity index (χ0n) is 10.3. The smallest absolute Gasteiger partial charge is 0.119 e. The van der Waals surface area contributed by atoms with E-state index in [9.17, 15) is 5.11 Å². The summed E-state index contributed by atoms with van der Waals surface area (Å²) >= 11 is 0. The molecule has 2 rings (SSSR count). The van der Waals surface area contributed by atoms with E-state index < -0.39 is 0 Å². The lowest BCUT2D eigenvalue weighted by molar-refractivity contribution is 0.449. The molecule has 2 aromatic rings. The highest BCUT2D eigenvalue weighted by Crippen LogP contribution is 2.37. The summed E-state index contributed by atoms with van der Waals surface area (Å²) in [4.78, 5) is 0. The number of aryl methyl sites for hydroxylation is 1. The first kappa shape index (κ1) is 11.0. The number of rotatable bonds is 0. The molecular weight excluding hydrogens is 196 g/mol. The highest BCUT2D eigenvalue weighted by molar-refractivity contribution is 5.91. The van der Waals surface area contributed by atoms with E-state index in [1.165, 1.54) is 10.9 Å². The number of phenols is 1. The molecular formula is C15H18O. The standard InChI is InChI=1S/C15H18O/c1-10-6-5-7-12-11(10)8-9-13(16)14(12)15(2,3)4/h5-9,16H,1-4H3. The van der Waals surface area contributed by atoms with Gasteiger partial charge in [-0.1, -0.05) is 45.0 Å². The highest BCUT2D eigenvalue weighted by Gasteiger charge is 2.21. The summed E-state index contributed by atoms with van der Waals surface area (Å²) in [6.07, 6.45) is 0. The van der Waals surface area contributed by atoms with Crippen LogP contribution in [-0.2, 0) is 5.41 Å². The van der Waals surface area contributed by atoms with Crippen LogP contribution in [0.15, 0.2) is 30.3 Å². The fourth-order valence-corrected chi connectivity index (χ4v) is 2.29. The molecule has 0 saturated heterocycles. The van der Waals surface area contributed by atoms with Gasteiger partial charge in [-0.3, -0.25) is 0 Å². The Morgan fingerprint density at radius 3 is 2.25 bits per heavy atom. The van der Waals surface area contributed by atoms with Crippen LogP contribution in [0.2, 0.25) is 0 Å². The zero-order chi connectivity index (χ0) is 11.9. The normalized spacial score (nSPS) is 12.0. The average molecular weight is 214 g/mol. The molecule has 1 heteroatoms.